The second-order valence-corrected chi connectivity index (χ2v) is 4.68. The van der Waals surface area contributed by atoms with E-state index in [0.29, 0.717) is 12.5 Å². The zero-order chi connectivity index (χ0) is 13.0. The van der Waals surface area contributed by atoms with E-state index in [1.807, 2.05) is 7.05 Å². The fourth-order valence-electron chi connectivity index (χ4n) is 2.00. The number of hydrogen-bond donors (Lipinski definition) is 1. The van der Waals surface area contributed by atoms with Crippen molar-refractivity contribution in [3.8, 4) is 5.75 Å². The maximum absolute atomic E-state index is 9.00. The first-order valence-electron chi connectivity index (χ1n) is 6.01. The highest BCUT2D eigenvalue weighted by Crippen LogP contribution is 2.33. The lowest BCUT2D eigenvalue weighted by Gasteiger charge is -2.23. The third-order valence-electron chi connectivity index (χ3n) is 3.02. The minimum Gasteiger partial charge on any atom is -0.496 e. The molecule has 0 aliphatic rings. The highest BCUT2D eigenvalue weighted by Gasteiger charge is 2.13. The fraction of sp³-hybridized carbons (Fsp3) is 0.571. The Morgan fingerprint density at radius 2 is 2.00 bits per heavy atom. The Labute approximate surface area is 104 Å². The van der Waals surface area contributed by atoms with Crippen molar-refractivity contribution < 1.29 is 9.84 Å². The molecule has 1 aromatic rings. The number of aryl methyl sites for hydroxylation is 1. The second-order valence-electron chi connectivity index (χ2n) is 4.68. The molecule has 0 radical (unpaired) electrons. The molecule has 0 saturated heterocycles. The number of hydrogen-bond acceptors (Lipinski definition) is 3. The van der Waals surface area contributed by atoms with Gasteiger partial charge in [-0.2, -0.15) is 0 Å². The number of likely N-dealkylation sites (N-methyl/N-ethyl adjacent to an activating group) is 1. The maximum Gasteiger partial charge on any atom is 0.122 e. The molecule has 1 aromatic carbocycles. The molecule has 0 atom stereocenters. The quantitative estimate of drug-likeness (QED) is 0.854. The predicted molar refractivity (Wildman–Crippen MR) is 72.2 cm³/mol. The number of ether oxygens (including phenoxy) is 1. The number of aliphatic hydroxyl groups excluding tert-OH is 1. The van der Waals surface area contributed by atoms with Crippen molar-refractivity contribution in [1.29, 1.82) is 0 Å². The zero-order valence-corrected chi connectivity index (χ0v) is 11.4. The highest BCUT2D eigenvalue weighted by molar-refractivity contribution is 5.59. The SMILES string of the molecule is COc1cc(C)c(N(C)CCO)cc1C(C)C. The summed E-state index contributed by atoms with van der Waals surface area (Å²) in [5.41, 5.74) is 3.53. The van der Waals surface area contributed by atoms with Gasteiger partial charge in [0, 0.05) is 19.3 Å². The van der Waals surface area contributed by atoms with E-state index >= 15 is 0 Å². The number of aliphatic hydroxyl groups is 1. The van der Waals surface area contributed by atoms with Crippen LogP contribution in [0.5, 0.6) is 5.75 Å². The fourth-order valence-corrected chi connectivity index (χ4v) is 2.00. The van der Waals surface area contributed by atoms with E-state index < -0.39 is 0 Å². The summed E-state index contributed by atoms with van der Waals surface area (Å²) in [5.74, 6) is 1.37. The van der Waals surface area contributed by atoms with Crippen molar-refractivity contribution in [2.75, 3.05) is 32.2 Å². The summed E-state index contributed by atoms with van der Waals surface area (Å²) in [6.45, 7) is 7.19. The van der Waals surface area contributed by atoms with Crippen LogP contribution >= 0.6 is 0 Å². The first-order valence-corrected chi connectivity index (χ1v) is 6.01. The molecule has 3 nitrogen and oxygen atoms in total. The molecule has 0 aromatic heterocycles. The Kier molecular flexibility index (Phi) is 4.82. The molecule has 0 amide bonds. The average molecular weight is 237 g/mol. The lowest BCUT2D eigenvalue weighted by atomic mass is 9.98. The van der Waals surface area contributed by atoms with Crippen LogP contribution in [0.1, 0.15) is 30.9 Å². The molecule has 0 aliphatic heterocycles. The molecular weight excluding hydrogens is 214 g/mol. The number of anilines is 1. The van der Waals surface area contributed by atoms with E-state index in [0.717, 1.165) is 11.4 Å². The van der Waals surface area contributed by atoms with Gasteiger partial charge in [0.05, 0.1) is 13.7 Å². The van der Waals surface area contributed by atoms with Gasteiger partial charge < -0.3 is 14.7 Å². The van der Waals surface area contributed by atoms with Crippen molar-refractivity contribution in [3.63, 3.8) is 0 Å². The van der Waals surface area contributed by atoms with E-state index in [2.05, 4.69) is 37.8 Å². The topological polar surface area (TPSA) is 32.7 Å². The van der Waals surface area contributed by atoms with Crippen LogP contribution in [0.15, 0.2) is 12.1 Å². The second kappa shape index (κ2) is 5.92. The van der Waals surface area contributed by atoms with E-state index in [9.17, 15) is 0 Å². The normalized spacial score (nSPS) is 10.8. The number of nitrogens with zero attached hydrogens (tertiary/aromatic N) is 1. The van der Waals surface area contributed by atoms with Crippen LogP contribution in [0.4, 0.5) is 5.69 Å². The Bertz CT molecular complexity index is 375. The molecule has 0 bridgehead atoms. The molecule has 3 heteroatoms. The molecule has 0 saturated carbocycles. The maximum atomic E-state index is 9.00. The Morgan fingerprint density at radius 3 is 2.47 bits per heavy atom. The van der Waals surface area contributed by atoms with Crippen molar-refractivity contribution in [2.24, 2.45) is 0 Å². The predicted octanol–water partition coefficient (Wildman–Crippen LogP) is 2.56. The summed E-state index contributed by atoms with van der Waals surface area (Å²) in [6.07, 6.45) is 0. The molecule has 0 unspecified atom stereocenters. The van der Waals surface area contributed by atoms with Crippen LogP contribution in [0, 0.1) is 6.92 Å². The monoisotopic (exact) mass is 237 g/mol. The van der Waals surface area contributed by atoms with Gasteiger partial charge in [-0.15, -0.1) is 0 Å². The Balaban J connectivity index is 3.19. The van der Waals surface area contributed by atoms with Crippen LogP contribution in [0.2, 0.25) is 0 Å². The first kappa shape index (κ1) is 13.8. The standard InChI is InChI=1S/C14H23NO2/c1-10(2)12-9-13(15(4)6-7-16)11(3)8-14(12)17-5/h8-10,16H,6-7H2,1-5H3. The summed E-state index contributed by atoms with van der Waals surface area (Å²) >= 11 is 0. The first-order chi connectivity index (χ1) is 8.01. The van der Waals surface area contributed by atoms with E-state index in [1.165, 1.54) is 11.1 Å². The Hall–Kier alpha value is -1.22. The molecule has 1 rings (SSSR count). The van der Waals surface area contributed by atoms with Gasteiger partial charge >= 0.3 is 0 Å². The van der Waals surface area contributed by atoms with Gasteiger partial charge in [0.2, 0.25) is 0 Å². The largest absolute Gasteiger partial charge is 0.496 e. The molecule has 17 heavy (non-hydrogen) atoms. The van der Waals surface area contributed by atoms with E-state index in [4.69, 9.17) is 9.84 Å². The third kappa shape index (κ3) is 3.13. The summed E-state index contributed by atoms with van der Waals surface area (Å²) in [7, 11) is 3.70. The number of methoxy groups -OCH3 is 1. The van der Waals surface area contributed by atoms with E-state index in [1.54, 1.807) is 7.11 Å². The zero-order valence-electron chi connectivity index (χ0n) is 11.4. The molecule has 0 aliphatic carbocycles. The molecular formula is C14H23NO2. The number of rotatable bonds is 5. The summed E-state index contributed by atoms with van der Waals surface area (Å²) in [6, 6.07) is 4.23. The van der Waals surface area contributed by atoms with Crippen molar-refractivity contribution in [3.05, 3.63) is 23.3 Å². The van der Waals surface area contributed by atoms with Gasteiger partial charge in [-0.1, -0.05) is 13.8 Å². The van der Waals surface area contributed by atoms with Crippen LogP contribution in [0.25, 0.3) is 0 Å². The van der Waals surface area contributed by atoms with Crippen LogP contribution in [-0.4, -0.2) is 32.4 Å². The summed E-state index contributed by atoms with van der Waals surface area (Å²) < 4.78 is 5.41. The van der Waals surface area contributed by atoms with Gasteiger partial charge in [0.1, 0.15) is 5.75 Å². The number of benzene rings is 1. The minimum atomic E-state index is 0.166. The van der Waals surface area contributed by atoms with Crippen LogP contribution in [-0.2, 0) is 0 Å². The third-order valence-corrected chi connectivity index (χ3v) is 3.02. The van der Waals surface area contributed by atoms with Gasteiger partial charge in [-0.3, -0.25) is 0 Å². The lowest BCUT2D eigenvalue weighted by Crippen LogP contribution is -2.22. The summed E-state index contributed by atoms with van der Waals surface area (Å²) in [5, 5.41) is 9.00. The Morgan fingerprint density at radius 1 is 1.35 bits per heavy atom. The molecule has 1 N–H and O–H groups in total. The molecule has 96 valence electrons. The van der Waals surface area contributed by atoms with Crippen molar-refractivity contribution in [2.45, 2.75) is 26.7 Å². The molecule has 0 fully saturated rings. The van der Waals surface area contributed by atoms with Crippen LogP contribution in [0.3, 0.4) is 0 Å². The minimum absolute atomic E-state index is 0.166. The highest BCUT2D eigenvalue weighted by atomic mass is 16.5. The van der Waals surface area contributed by atoms with E-state index in [-0.39, 0.29) is 6.61 Å². The molecule has 0 heterocycles. The van der Waals surface area contributed by atoms with Gasteiger partial charge in [0.15, 0.2) is 0 Å². The van der Waals surface area contributed by atoms with Crippen molar-refractivity contribution >= 4 is 5.69 Å². The average Bonchev–Trinajstić information content (AvgIpc) is 2.28. The van der Waals surface area contributed by atoms with Gasteiger partial charge in [-0.25, -0.2) is 0 Å². The molecule has 0 spiro atoms. The van der Waals surface area contributed by atoms with Crippen molar-refractivity contribution in [1.82, 2.24) is 0 Å². The van der Waals surface area contributed by atoms with Gasteiger partial charge in [0.25, 0.3) is 0 Å². The lowest BCUT2D eigenvalue weighted by molar-refractivity contribution is 0.304. The van der Waals surface area contributed by atoms with Gasteiger partial charge in [-0.05, 0) is 36.1 Å². The smallest absolute Gasteiger partial charge is 0.122 e. The summed E-state index contributed by atoms with van der Waals surface area (Å²) in [4.78, 5) is 2.07. The van der Waals surface area contributed by atoms with Crippen LogP contribution < -0.4 is 9.64 Å².